The third-order valence-electron chi connectivity index (χ3n) is 2.49. The molecule has 0 aliphatic heterocycles. The van der Waals surface area contributed by atoms with E-state index >= 15 is 0 Å². The largest absolute Gasteiger partial charge is 0.365 e. The number of nitrogens with zero attached hydrogens (tertiary/aromatic N) is 3. The van der Waals surface area contributed by atoms with Crippen LogP contribution in [0.1, 0.15) is 10.4 Å². The number of nitrogens with one attached hydrogen (secondary N) is 2. The number of rotatable bonds is 2. The summed E-state index contributed by atoms with van der Waals surface area (Å²) in [5.74, 6) is -0.696. The Morgan fingerprint density at radius 3 is 2.90 bits per heavy atom. The highest BCUT2D eigenvalue weighted by atomic mass is 16.7. The number of imidazole rings is 1. The van der Waals surface area contributed by atoms with Crippen LogP contribution in [0.2, 0.25) is 0 Å². The second-order valence-corrected chi connectivity index (χ2v) is 3.80. The van der Waals surface area contributed by atoms with Crippen LogP contribution in [0.3, 0.4) is 0 Å². The van der Waals surface area contributed by atoms with Gasteiger partial charge < -0.3 is 4.84 Å². The molecule has 3 aromatic heterocycles. The van der Waals surface area contributed by atoms with Crippen LogP contribution in [-0.4, -0.2) is 30.6 Å². The van der Waals surface area contributed by atoms with Crippen LogP contribution in [0.4, 0.5) is 0 Å². The zero-order chi connectivity index (χ0) is 14.1. The van der Waals surface area contributed by atoms with Crippen LogP contribution in [-0.2, 0) is 0 Å². The van der Waals surface area contributed by atoms with Crippen molar-refractivity contribution in [1.29, 1.82) is 0 Å². The van der Waals surface area contributed by atoms with Gasteiger partial charge in [-0.2, -0.15) is 0 Å². The molecule has 0 aliphatic rings. The van der Waals surface area contributed by atoms with E-state index in [0.717, 1.165) is 11.1 Å². The van der Waals surface area contributed by atoms with E-state index in [-0.39, 0.29) is 16.7 Å². The lowest BCUT2D eigenvalue weighted by Crippen LogP contribution is -2.25. The maximum atomic E-state index is 11.8. The number of fused-ring (bicyclic) bond motifs is 1. The minimum absolute atomic E-state index is 0.00371. The molecule has 9 nitrogen and oxygen atoms in total. The standard InChI is InChI=1S/C11H7N5O4/c17-9-7-8(14-11(19)15-9)16(5-13-7)20-10(18)6-2-1-3-12-4-6/h1-5H,(H2,14,15,17,19). The van der Waals surface area contributed by atoms with Gasteiger partial charge in [0.25, 0.3) is 5.56 Å². The quantitative estimate of drug-likeness (QED) is 0.622. The third-order valence-corrected chi connectivity index (χ3v) is 2.49. The summed E-state index contributed by atoms with van der Waals surface area (Å²) in [6, 6.07) is 3.10. The molecule has 100 valence electrons. The van der Waals surface area contributed by atoms with Crippen LogP contribution in [0.15, 0.2) is 40.4 Å². The molecule has 9 heteroatoms. The van der Waals surface area contributed by atoms with Crippen LogP contribution >= 0.6 is 0 Å². The van der Waals surface area contributed by atoms with Gasteiger partial charge in [0.15, 0.2) is 11.2 Å². The highest BCUT2D eigenvalue weighted by molar-refractivity contribution is 5.89. The molecule has 2 N–H and O–H groups in total. The zero-order valence-electron chi connectivity index (χ0n) is 9.86. The fourth-order valence-corrected chi connectivity index (χ4v) is 1.61. The molecule has 0 saturated carbocycles. The predicted octanol–water partition coefficient (Wildman–Crippen LogP) is -0.923. The normalized spacial score (nSPS) is 10.6. The van der Waals surface area contributed by atoms with Crippen molar-refractivity contribution in [2.45, 2.75) is 0 Å². The van der Waals surface area contributed by atoms with E-state index in [2.05, 4.69) is 15.0 Å². The lowest BCUT2D eigenvalue weighted by Gasteiger charge is -2.03. The molecule has 3 heterocycles. The first-order chi connectivity index (χ1) is 9.65. The summed E-state index contributed by atoms with van der Waals surface area (Å²) in [5, 5.41) is 0. The maximum absolute atomic E-state index is 11.8. The molecule has 0 fully saturated rings. The van der Waals surface area contributed by atoms with Crippen molar-refractivity contribution in [3.8, 4) is 0 Å². The van der Waals surface area contributed by atoms with E-state index < -0.39 is 17.2 Å². The second-order valence-electron chi connectivity index (χ2n) is 3.80. The number of pyridine rings is 1. The minimum atomic E-state index is -0.721. The lowest BCUT2D eigenvalue weighted by atomic mass is 10.3. The van der Waals surface area contributed by atoms with E-state index in [0.29, 0.717) is 0 Å². The Labute approximate surface area is 109 Å². The first-order valence-electron chi connectivity index (χ1n) is 5.47. The summed E-state index contributed by atoms with van der Waals surface area (Å²) in [7, 11) is 0. The molecule has 0 amide bonds. The highest BCUT2D eigenvalue weighted by Crippen LogP contribution is 2.03. The molecule has 0 aromatic carbocycles. The fraction of sp³-hybridized carbons (Fsp3) is 0. The Hall–Kier alpha value is -3.23. The number of H-pyrrole nitrogens is 2. The number of hydrogen-bond acceptors (Lipinski definition) is 6. The van der Waals surface area contributed by atoms with Gasteiger partial charge in [-0.25, -0.2) is 14.6 Å². The molecule has 0 spiro atoms. The molecule has 0 atom stereocenters. The van der Waals surface area contributed by atoms with Gasteiger partial charge in [-0.15, -0.1) is 4.73 Å². The van der Waals surface area contributed by atoms with Crippen LogP contribution < -0.4 is 16.1 Å². The second kappa shape index (κ2) is 4.46. The summed E-state index contributed by atoms with van der Waals surface area (Å²) in [6.45, 7) is 0. The molecule has 0 unspecified atom stereocenters. The van der Waals surface area contributed by atoms with Gasteiger partial charge in [-0.3, -0.25) is 19.7 Å². The minimum Gasteiger partial charge on any atom is -0.328 e. The van der Waals surface area contributed by atoms with E-state index in [4.69, 9.17) is 4.84 Å². The van der Waals surface area contributed by atoms with Gasteiger partial charge in [0, 0.05) is 12.4 Å². The molecule has 0 radical (unpaired) electrons. The lowest BCUT2D eigenvalue weighted by molar-refractivity contribution is 0.0476. The molecule has 20 heavy (non-hydrogen) atoms. The van der Waals surface area contributed by atoms with Gasteiger partial charge >= 0.3 is 11.7 Å². The predicted molar refractivity (Wildman–Crippen MR) is 66.1 cm³/mol. The van der Waals surface area contributed by atoms with E-state index in [1.165, 1.54) is 18.5 Å². The molecular formula is C11H7N5O4. The Morgan fingerprint density at radius 2 is 2.15 bits per heavy atom. The van der Waals surface area contributed by atoms with Gasteiger partial charge in [-0.1, -0.05) is 0 Å². The summed E-state index contributed by atoms with van der Waals surface area (Å²) < 4.78 is 0.918. The molecular weight excluding hydrogens is 266 g/mol. The van der Waals surface area contributed by atoms with E-state index in [1.807, 2.05) is 4.98 Å². The van der Waals surface area contributed by atoms with Crippen molar-refractivity contribution < 1.29 is 9.63 Å². The summed E-state index contributed by atoms with van der Waals surface area (Å²) in [6.07, 6.45) is 3.96. The maximum Gasteiger partial charge on any atom is 0.365 e. The van der Waals surface area contributed by atoms with Gasteiger partial charge in [0.2, 0.25) is 0 Å². The first-order valence-corrected chi connectivity index (χ1v) is 5.47. The molecule has 0 aliphatic carbocycles. The Kier molecular flexibility index (Phi) is 2.64. The molecule has 0 saturated heterocycles. The topological polar surface area (TPSA) is 123 Å². The molecule has 0 bridgehead atoms. The average Bonchev–Trinajstić information content (AvgIpc) is 2.83. The van der Waals surface area contributed by atoms with Crippen molar-refractivity contribution in [2.24, 2.45) is 0 Å². The van der Waals surface area contributed by atoms with Gasteiger partial charge in [0.05, 0.1) is 5.56 Å². The number of aromatic amines is 2. The summed E-state index contributed by atoms with van der Waals surface area (Å²) in [5.41, 5.74) is -1.21. The van der Waals surface area contributed by atoms with Crippen LogP contribution in [0.5, 0.6) is 0 Å². The average molecular weight is 273 g/mol. The summed E-state index contributed by atoms with van der Waals surface area (Å²) in [4.78, 5) is 51.4. The zero-order valence-corrected chi connectivity index (χ0v) is 9.86. The van der Waals surface area contributed by atoms with E-state index in [9.17, 15) is 14.4 Å². The molecule has 3 rings (SSSR count). The Morgan fingerprint density at radius 1 is 1.30 bits per heavy atom. The van der Waals surface area contributed by atoms with E-state index in [1.54, 1.807) is 6.07 Å². The smallest absolute Gasteiger partial charge is 0.328 e. The number of carbonyl (C=O) groups is 1. The first kappa shape index (κ1) is 11.8. The fourth-order valence-electron chi connectivity index (χ4n) is 1.61. The summed E-state index contributed by atoms with van der Waals surface area (Å²) >= 11 is 0. The SMILES string of the molecule is O=C(On1cnc2c(=O)[nH]c(=O)[nH]c21)c1cccnc1. The number of aromatic nitrogens is 5. The van der Waals surface area contributed by atoms with Crippen molar-refractivity contribution in [2.75, 3.05) is 0 Å². The van der Waals surface area contributed by atoms with Crippen molar-refractivity contribution >= 4 is 17.1 Å². The van der Waals surface area contributed by atoms with Crippen LogP contribution in [0, 0.1) is 0 Å². The monoisotopic (exact) mass is 273 g/mol. The van der Waals surface area contributed by atoms with Gasteiger partial charge in [-0.05, 0) is 12.1 Å². The third kappa shape index (κ3) is 1.96. The van der Waals surface area contributed by atoms with Crippen molar-refractivity contribution in [1.82, 2.24) is 24.7 Å². The van der Waals surface area contributed by atoms with Crippen LogP contribution in [0.25, 0.3) is 11.2 Å². The highest BCUT2D eigenvalue weighted by Gasteiger charge is 2.13. The Balaban J connectivity index is 2.02. The molecule has 3 aromatic rings. The van der Waals surface area contributed by atoms with Gasteiger partial charge in [0.1, 0.15) is 6.33 Å². The number of carbonyl (C=O) groups excluding carboxylic acids is 1. The van der Waals surface area contributed by atoms with Crippen molar-refractivity contribution in [3.05, 3.63) is 57.3 Å². The Bertz CT molecular complexity index is 892. The number of hydrogen-bond donors (Lipinski definition) is 2. The van der Waals surface area contributed by atoms with Crippen molar-refractivity contribution in [3.63, 3.8) is 0 Å².